The molecule has 3 aliphatic rings. The van der Waals surface area contributed by atoms with E-state index in [4.69, 9.17) is 0 Å². The summed E-state index contributed by atoms with van der Waals surface area (Å²) in [7, 11) is 1.41. The first-order valence-corrected chi connectivity index (χ1v) is 12.2. The number of likely N-dealkylation sites (tertiary alicyclic amines) is 1. The van der Waals surface area contributed by atoms with Crippen LogP contribution in [0.4, 0.5) is 0 Å². The van der Waals surface area contributed by atoms with Crippen LogP contribution < -0.4 is 10.6 Å². The molecule has 8 nitrogen and oxygen atoms in total. The summed E-state index contributed by atoms with van der Waals surface area (Å²) in [6.45, 7) is 7.76. The zero-order valence-corrected chi connectivity index (χ0v) is 20.3. The molecule has 5 unspecified atom stereocenters. The van der Waals surface area contributed by atoms with E-state index in [9.17, 15) is 24.0 Å². The van der Waals surface area contributed by atoms with Gasteiger partial charge in [-0.3, -0.25) is 24.1 Å². The van der Waals surface area contributed by atoms with Crippen molar-refractivity contribution in [2.45, 2.75) is 71.9 Å². The Bertz CT molecular complexity index is 870. The quantitative estimate of drug-likeness (QED) is 0.204. The Kier molecular flexibility index (Phi) is 7.80. The normalized spacial score (nSPS) is 27.4. The number of hydrogen-bond acceptors (Lipinski definition) is 5. The molecule has 1 saturated carbocycles. The number of allylic oxidation sites excluding steroid dienone is 2. The minimum atomic E-state index is -0.703. The molecule has 0 aromatic rings. The Labute approximate surface area is 196 Å². The van der Waals surface area contributed by atoms with Crippen LogP contribution in [0.1, 0.15) is 59.8 Å². The number of hydrogen-bond donors (Lipinski definition) is 2. The van der Waals surface area contributed by atoms with Gasteiger partial charge in [0, 0.05) is 13.0 Å². The van der Waals surface area contributed by atoms with Crippen molar-refractivity contribution in [3.05, 3.63) is 11.6 Å². The number of nitrogens with zero attached hydrogens (tertiary/aromatic N) is 1. The summed E-state index contributed by atoms with van der Waals surface area (Å²) in [6, 6.07) is -1.30. The minimum Gasteiger partial charge on any atom is -0.346 e. The Morgan fingerprint density at radius 2 is 1.73 bits per heavy atom. The molecule has 2 bridgehead atoms. The molecule has 180 valence electrons. The molecular formula is C24H36BN3O5. The van der Waals surface area contributed by atoms with Crippen LogP contribution in [0.25, 0.3) is 0 Å². The standard InChI is InChI=1S/C24H36BN3O5/c1-12(2)20(22(31)26-14(4)21(25)30)27-17(29)8-6-5-7-9-28-23(32)18-15-10-13(3)16(11-15)19(18)24(28)33/h10,12,14-16,18-20H,5-9,11,25H2,1-4H3,(H,26,31)(H,27,29)/t14-,15?,16?,18?,19?,20?/m0/s1. The fourth-order valence-electron chi connectivity index (χ4n) is 5.47. The van der Waals surface area contributed by atoms with Crippen molar-refractivity contribution in [3.63, 3.8) is 0 Å². The van der Waals surface area contributed by atoms with Gasteiger partial charge in [0.25, 0.3) is 0 Å². The zero-order chi connectivity index (χ0) is 24.4. The maximum atomic E-state index is 12.8. The van der Waals surface area contributed by atoms with Gasteiger partial charge < -0.3 is 15.4 Å². The second-order valence-corrected chi connectivity index (χ2v) is 10.2. The number of fused-ring (bicyclic) bond motifs is 5. The highest BCUT2D eigenvalue weighted by molar-refractivity contribution is 6.59. The van der Waals surface area contributed by atoms with Gasteiger partial charge in [0.2, 0.25) is 23.6 Å². The maximum Gasteiger partial charge on any atom is 0.243 e. The van der Waals surface area contributed by atoms with Crippen LogP contribution in [0.5, 0.6) is 0 Å². The second kappa shape index (κ2) is 10.2. The van der Waals surface area contributed by atoms with E-state index in [0.29, 0.717) is 25.8 Å². The third kappa shape index (κ3) is 5.22. The summed E-state index contributed by atoms with van der Waals surface area (Å²) in [5, 5.41) is 5.40. The highest BCUT2D eigenvalue weighted by Crippen LogP contribution is 2.55. The highest BCUT2D eigenvalue weighted by atomic mass is 16.2. The molecule has 9 heteroatoms. The SMILES string of the molecule is BC(=O)[C@H](C)NC(=O)C(NC(=O)CCCCCN1C(=O)C2C3C=C(C)C(C3)C2C1=O)C(C)C. The Hall–Kier alpha value is -2.45. The van der Waals surface area contributed by atoms with Crippen LogP contribution in [0, 0.1) is 29.6 Å². The molecule has 1 heterocycles. The van der Waals surface area contributed by atoms with E-state index in [-0.39, 0.29) is 65.3 Å². The summed E-state index contributed by atoms with van der Waals surface area (Å²) in [6.07, 6.45) is 5.35. The second-order valence-electron chi connectivity index (χ2n) is 10.2. The van der Waals surface area contributed by atoms with Gasteiger partial charge in [0.05, 0.1) is 17.9 Å². The van der Waals surface area contributed by atoms with Crippen LogP contribution >= 0.6 is 0 Å². The van der Waals surface area contributed by atoms with Crippen molar-refractivity contribution in [2.24, 2.45) is 29.6 Å². The largest absolute Gasteiger partial charge is 0.346 e. The van der Waals surface area contributed by atoms with Gasteiger partial charge in [-0.05, 0) is 50.9 Å². The van der Waals surface area contributed by atoms with Crippen LogP contribution in [0.2, 0.25) is 0 Å². The van der Waals surface area contributed by atoms with E-state index in [0.717, 1.165) is 6.42 Å². The van der Waals surface area contributed by atoms with Crippen molar-refractivity contribution in [1.82, 2.24) is 15.5 Å². The van der Waals surface area contributed by atoms with E-state index in [1.54, 1.807) is 6.92 Å². The summed E-state index contributed by atoms with van der Waals surface area (Å²) in [4.78, 5) is 63.2. The van der Waals surface area contributed by atoms with Gasteiger partial charge in [-0.2, -0.15) is 0 Å². The molecule has 3 rings (SSSR count). The predicted octanol–water partition coefficient (Wildman–Crippen LogP) is 0.549. The fourth-order valence-corrected chi connectivity index (χ4v) is 5.47. The number of imide groups is 1. The summed E-state index contributed by atoms with van der Waals surface area (Å²) in [5.41, 5.74) is 1.11. The van der Waals surface area contributed by atoms with Crippen molar-refractivity contribution in [3.8, 4) is 0 Å². The van der Waals surface area contributed by atoms with Gasteiger partial charge in [0.1, 0.15) is 11.7 Å². The molecule has 0 spiro atoms. The topological polar surface area (TPSA) is 113 Å². The van der Waals surface area contributed by atoms with Gasteiger partial charge in [-0.15, -0.1) is 0 Å². The van der Waals surface area contributed by atoms with Crippen LogP contribution in [0.3, 0.4) is 0 Å². The summed E-state index contributed by atoms with van der Waals surface area (Å²) >= 11 is 0. The number of carbonyl (C=O) groups is 5. The molecule has 1 aliphatic heterocycles. The number of unbranched alkanes of at least 4 members (excludes halogenated alkanes) is 2. The first kappa shape index (κ1) is 25.2. The van der Waals surface area contributed by atoms with Crippen LogP contribution in [-0.4, -0.2) is 60.7 Å². The lowest BCUT2D eigenvalue weighted by atomic mass is 9.82. The molecule has 2 aliphatic carbocycles. The Balaban J connectivity index is 1.39. The van der Waals surface area contributed by atoms with E-state index in [1.165, 1.54) is 18.3 Å². The van der Waals surface area contributed by atoms with Crippen molar-refractivity contribution < 1.29 is 24.0 Å². The van der Waals surface area contributed by atoms with E-state index in [1.807, 2.05) is 13.8 Å². The lowest BCUT2D eigenvalue weighted by Crippen LogP contribution is -2.53. The van der Waals surface area contributed by atoms with Crippen molar-refractivity contribution >= 4 is 37.2 Å². The van der Waals surface area contributed by atoms with Crippen molar-refractivity contribution in [1.29, 1.82) is 0 Å². The number of nitrogens with one attached hydrogen (secondary N) is 2. The smallest absolute Gasteiger partial charge is 0.243 e. The van der Waals surface area contributed by atoms with Gasteiger partial charge in [-0.1, -0.05) is 31.9 Å². The Morgan fingerprint density at radius 1 is 1.06 bits per heavy atom. The van der Waals surface area contributed by atoms with Crippen molar-refractivity contribution in [2.75, 3.05) is 6.54 Å². The molecule has 1 saturated heterocycles. The van der Waals surface area contributed by atoms with E-state index < -0.39 is 12.1 Å². The first-order valence-electron chi connectivity index (χ1n) is 12.2. The zero-order valence-electron chi connectivity index (χ0n) is 20.3. The Morgan fingerprint density at radius 3 is 2.36 bits per heavy atom. The molecule has 4 amide bonds. The molecular weight excluding hydrogens is 421 g/mol. The highest BCUT2D eigenvalue weighted by Gasteiger charge is 2.60. The third-order valence-corrected chi connectivity index (χ3v) is 7.49. The van der Waals surface area contributed by atoms with E-state index in [2.05, 4.69) is 23.6 Å². The van der Waals surface area contributed by atoms with Gasteiger partial charge in [0.15, 0.2) is 7.85 Å². The van der Waals surface area contributed by atoms with E-state index >= 15 is 0 Å². The first-order chi connectivity index (χ1) is 15.5. The van der Waals surface area contributed by atoms with Crippen LogP contribution in [-0.2, 0) is 24.0 Å². The molecule has 6 atom stereocenters. The monoisotopic (exact) mass is 457 g/mol. The maximum absolute atomic E-state index is 12.8. The predicted molar refractivity (Wildman–Crippen MR) is 125 cm³/mol. The molecule has 33 heavy (non-hydrogen) atoms. The minimum absolute atomic E-state index is 0.0201. The molecule has 0 aromatic heterocycles. The summed E-state index contributed by atoms with van der Waals surface area (Å²) < 4.78 is 0. The fraction of sp³-hybridized carbons (Fsp3) is 0.708. The molecule has 0 aromatic carbocycles. The lowest BCUT2D eigenvalue weighted by Gasteiger charge is -2.23. The van der Waals surface area contributed by atoms with Gasteiger partial charge in [-0.25, -0.2) is 0 Å². The van der Waals surface area contributed by atoms with Gasteiger partial charge >= 0.3 is 0 Å². The van der Waals surface area contributed by atoms with Crippen LogP contribution in [0.15, 0.2) is 11.6 Å². The number of amides is 4. The molecule has 2 N–H and O–H groups in total. The summed E-state index contributed by atoms with van der Waals surface area (Å²) in [5.74, 6) is -0.628. The molecule has 2 fully saturated rings. The number of rotatable bonds is 11. The number of carbonyl (C=O) groups excluding carboxylic acids is 5. The average molecular weight is 457 g/mol. The third-order valence-electron chi connectivity index (χ3n) is 7.49. The lowest BCUT2D eigenvalue weighted by molar-refractivity contribution is -0.140. The average Bonchev–Trinajstić information content (AvgIpc) is 3.37. The molecule has 0 radical (unpaired) electrons.